The van der Waals surface area contributed by atoms with E-state index in [0.717, 1.165) is 36.8 Å². The van der Waals surface area contributed by atoms with Gasteiger partial charge in [0.05, 0.1) is 5.69 Å². The van der Waals surface area contributed by atoms with Crippen molar-refractivity contribution in [3.05, 3.63) is 24.0 Å². The maximum atomic E-state index is 13.7. The van der Waals surface area contributed by atoms with Gasteiger partial charge in [-0.2, -0.15) is 0 Å². The summed E-state index contributed by atoms with van der Waals surface area (Å²) >= 11 is 1.57. The molecule has 96 valence electrons. The van der Waals surface area contributed by atoms with Gasteiger partial charge >= 0.3 is 0 Å². The van der Waals surface area contributed by atoms with Crippen LogP contribution in [0.1, 0.15) is 13.8 Å². The van der Waals surface area contributed by atoms with Crippen molar-refractivity contribution in [2.24, 2.45) is 0 Å². The van der Waals surface area contributed by atoms with Crippen LogP contribution in [0, 0.1) is 5.82 Å². The highest BCUT2D eigenvalue weighted by Crippen LogP contribution is 2.24. The minimum atomic E-state index is -0.108. The molecular formula is C13H21FN2S. The van der Waals surface area contributed by atoms with Gasteiger partial charge in [0.2, 0.25) is 0 Å². The van der Waals surface area contributed by atoms with Crippen LogP contribution in [0.15, 0.2) is 23.1 Å². The number of thioether (sulfide) groups is 1. The second kappa shape index (κ2) is 7.56. The zero-order chi connectivity index (χ0) is 12.7. The summed E-state index contributed by atoms with van der Waals surface area (Å²) in [6.07, 6.45) is 1.96. The molecule has 1 aliphatic rings. The number of nitrogens with zero attached hydrogens (tertiary/aromatic N) is 1. The molecule has 4 heteroatoms. The number of halogens is 1. The molecule has 0 saturated carbocycles. The Hall–Kier alpha value is -0.740. The number of anilines is 1. The molecule has 0 radical (unpaired) electrons. The van der Waals surface area contributed by atoms with E-state index in [-0.39, 0.29) is 5.82 Å². The summed E-state index contributed by atoms with van der Waals surface area (Å²) in [4.78, 5) is 3.07. The molecule has 2 nitrogen and oxygen atoms in total. The summed E-state index contributed by atoms with van der Waals surface area (Å²) in [5.74, 6) is -0.108. The molecule has 17 heavy (non-hydrogen) atoms. The van der Waals surface area contributed by atoms with E-state index in [0.29, 0.717) is 0 Å². The van der Waals surface area contributed by atoms with Crippen molar-refractivity contribution in [1.82, 2.24) is 5.32 Å². The second-order valence-corrected chi connectivity index (χ2v) is 4.43. The van der Waals surface area contributed by atoms with Crippen LogP contribution in [0.4, 0.5) is 10.1 Å². The van der Waals surface area contributed by atoms with Crippen molar-refractivity contribution in [1.29, 1.82) is 0 Å². The Labute approximate surface area is 108 Å². The molecule has 1 aromatic carbocycles. The van der Waals surface area contributed by atoms with Crippen LogP contribution in [0.3, 0.4) is 0 Å². The third-order valence-electron chi connectivity index (χ3n) is 2.61. The molecule has 0 bridgehead atoms. The van der Waals surface area contributed by atoms with Gasteiger partial charge < -0.3 is 10.2 Å². The van der Waals surface area contributed by atoms with E-state index < -0.39 is 0 Å². The predicted octanol–water partition coefficient (Wildman–Crippen LogP) is 2.98. The van der Waals surface area contributed by atoms with Crippen molar-refractivity contribution in [3.63, 3.8) is 0 Å². The quantitative estimate of drug-likeness (QED) is 0.819. The van der Waals surface area contributed by atoms with Gasteiger partial charge in [-0.25, -0.2) is 4.39 Å². The van der Waals surface area contributed by atoms with Gasteiger partial charge in [-0.05, 0) is 24.5 Å². The van der Waals surface area contributed by atoms with E-state index in [9.17, 15) is 4.39 Å². The second-order valence-electron chi connectivity index (χ2n) is 3.55. The summed E-state index contributed by atoms with van der Waals surface area (Å²) < 4.78 is 13.7. The summed E-state index contributed by atoms with van der Waals surface area (Å²) in [7, 11) is 0. The van der Waals surface area contributed by atoms with Crippen molar-refractivity contribution in [3.8, 4) is 0 Å². The molecule has 1 aromatic rings. The van der Waals surface area contributed by atoms with E-state index in [4.69, 9.17) is 0 Å². The fourth-order valence-corrected chi connectivity index (χ4v) is 2.20. The Balaban J connectivity index is 0.000000686. The third kappa shape index (κ3) is 3.89. The molecule has 1 saturated heterocycles. The van der Waals surface area contributed by atoms with E-state index in [1.54, 1.807) is 17.8 Å². The average Bonchev–Trinajstić information content (AvgIpc) is 2.42. The van der Waals surface area contributed by atoms with Gasteiger partial charge in [-0.15, -0.1) is 11.8 Å². The van der Waals surface area contributed by atoms with Crippen molar-refractivity contribution >= 4 is 17.4 Å². The SMILES string of the molecule is CC.CSc1ccc(N2CCNCC2)c(F)c1. The smallest absolute Gasteiger partial charge is 0.147 e. The van der Waals surface area contributed by atoms with Crippen LogP contribution >= 0.6 is 11.8 Å². The topological polar surface area (TPSA) is 15.3 Å². The largest absolute Gasteiger partial charge is 0.367 e. The lowest BCUT2D eigenvalue weighted by atomic mass is 10.2. The van der Waals surface area contributed by atoms with Gasteiger partial charge in [-0.3, -0.25) is 0 Å². The Morgan fingerprint density at radius 1 is 1.24 bits per heavy atom. The highest BCUT2D eigenvalue weighted by Gasteiger charge is 2.14. The normalized spacial score (nSPS) is 15.2. The van der Waals surface area contributed by atoms with Crippen LogP contribution < -0.4 is 10.2 Å². The Bertz CT molecular complexity index is 338. The Morgan fingerprint density at radius 2 is 1.88 bits per heavy atom. The van der Waals surface area contributed by atoms with Gasteiger partial charge in [0.1, 0.15) is 5.82 Å². The van der Waals surface area contributed by atoms with Crippen LogP contribution in [0.25, 0.3) is 0 Å². The lowest BCUT2D eigenvalue weighted by molar-refractivity contribution is 0.565. The summed E-state index contributed by atoms with van der Waals surface area (Å²) in [6.45, 7) is 7.64. The molecule has 0 unspecified atom stereocenters. The van der Waals surface area contributed by atoms with E-state index >= 15 is 0 Å². The minimum Gasteiger partial charge on any atom is -0.367 e. The zero-order valence-electron chi connectivity index (χ0n) is 10.8. The summed E-state index contributed by atoms with van der Waals surface area (Å²) in [5.41, 5.74) is 0.731. The first-order valence-electron chi connectivity index (χ1n) is 6.10. The number of hydrogen-bond acceptors (Lipinski definition) is 3. The molecule has 0 aromatic heterocycles. The van der Waals surface area contributed by atoms with Gasteiger partial charge in [0, 0.05) is 31.1 Å². The van der Waals surface area contributed by atoms with Gasteiger partial charge in [0.25, 0.3) is 0 Å². The molecule has 2 rings (SSSR count). The monoisotopic (exact) mass is 256 g/mol. The number of piperazine rings is 1. The Kier molecular flexibility index (Phi) is 6.37. The third-order valence-corrected chi connectivity index (χ3v) is 3.34. The van der Waals surface area contributed by atoms with E-state index in [1.165, 1.54) is 0 Å². The highest BCUT2D eigenvalue weighted by molar-refractivity contribution is 7.98. The lowest BCUT2D eigenvalue weighted by Crippen LogP contribution is -2.43. The van der Waals surface area contributed by atoms with Crippen LogP contribution in [-0.2, 0) is 0 Å². The number of hydrogen-bond donors (Lipinski definition) is 1. The summed E-state index contributed by atoms with van der Waals surface area (Å²) in [6, 6.07) is 5.47. The standard InChI is InChI=1S/C11H15FN2S.C2H6/c1-15-9-2-3-11(10(12)8-9)14-6-4-13-5-7-14;1-2/h2-3,8,13H,4-7H2,1H3;1-2H3. The maximum Gasteiger partial charge on any atom is 0.147 e. The fourth-order valence-electron chi connectivity index (χ4n) is 1.78. The molecule has 0 amide bonds. The van der Waals surface area contributed by atoms with Crippen molar-refractivity contribution in [2.75, 3.05) is 37.3 Å². The van der Waals surface area contributed by atoms with Crippen LogP contribution in [0.2, 0.25) is 0 Å². The van der Waals surface area contributed by atoms with Crippen molar-refractivity contribution in [2.45, 2.75) is 18.7 Å². The molecule has 0 spiro atoms. The molecule has 0 atom stereocenters. The van der Waals surface area contributed by atoms with Crippen molar-refractivity contribution < 1.29 is 4.39 Å². The fraction of sp³-hybridized carbons (Fsp3) is 0.538. The number of rotatable bonds is 2. The number of benzene rings is 1. The van der Waals surface area contributed by atoms with E-state index in [2.05, 4.69) is 10.2 Å². The first kappa shape index (κ1) is 14.3. The van der Waals surface area contributed by atoms with Gasteiger partial charge in [0.15, 0.2) is 0 Å². The number of nitrogens with one attached hydrogen (secondary N) is 1. The Morgan fingerprint density at radius 3 is 2.41 bits per heavy atom. The average molecular weight is 256 g/mol. The molecule has 0 aliphatic carbocycles. The van der Waals surface area contributed by atoms with Crippen LogP contribution in [-0.4, -0.2) is 32.4 Å². The molecule has 1 aliphatic heterocycles. The minimum absolute atomic E-state index is 0.108. The lowest BCUT2D eigenvalue weighted by Gasteiger charge is -2.29. The zero-order valence-corrected chi connectivity index (χ0v) is 11.6. The first-order chi connectivity index (χ1) is 8.31. The molecule has 1 fully saturated rings. The molecular weight excluding hydrogens is 235 g/mol. The van der Waals surface area contributed by atoms with Gasteiger partial charge in [-0.1, -0.05) is 13.8 Å². The first-order valence-corrected chi connectivity index (χ1v) is 7.33. The van der Waals surface area contributed by atoms with Crippen LogP contribution in [0.5, 0.6) is 0 Å². The molecule has 1 heterocycles. The maximum absolute atomic E-state index is 13.7. The molecule has 1 N–H and O–H groups in total. The predicted molar refractivity (Wildman–Crippen MR) is 74.6 cm³/mol. The summed E-state index contributed by atoms with van der Waals surface area (Å²) in [5, 5.41) is 3.26. The van der Waals surface area contributed by atoms with E-state index in [1.807, 2.05) is 32.2 Å². The highest BCUT2D eigenvalue weighted by atomic mass is 32.2.